The highest BCUT2D eigenvalue weighted by Gasteiger charge is 2.23. The summed E-state index contributed by atoms with van der Waals surface area (Å²) in [4.78, 5) is 32.9. The van der Waals surface area contributed by atoms with Crippen LogP contribution in [-0.2, 0) is 0 Å². The van der Waals surface area contributed by atoms with Crippen molar-refractivity contribution in [2.24, 2.45) is 0 Å². The molecule has 1 heterocycles. The Morgan fingerprint density at radius 3 is 2.36 bits per heavy atom. The number of carbonyl (C=O) groups excluding carboxylic acids is 2. The molecule has 25 heavy (non-hydrogen) atoms. The van der Waals surface area contributed by atoms with E-state index in [1.165, 1.54) is 6.20 Å². The second-order valence-electron chi connectivity index (χ2n) is 6.02. The average Bonchev–Trinajstić information content (AvgIpc) is 3.46. The normalized spacial score (nSPS) is 13.4. The van der Waals surface area contributed by atoms with Gasteiger partial charge in [0.2, 0.25) is 0 Å². The van der Waals surface area contributed by atoms with E-state index in [0.29, 0.717) is 22.8 Å². The predicted octanol–water partition coefficient (Wildman–Crippen LogP) is 2.77. The molecule has 0 unspecified atom stereocenters. The van der Waals surface area contributed by atoms with Crippen LogP contribution in [0.2, 0.25) is 0 Å². The van der Waals surface area contributed by atoms with Crippen LogP contribution in [0.3, 0.4) is 0 Å². The number of fused-ring (bicyclic) bond motifs is 1. The fourth-order valence-corrected chi connectivity index (χ4v) is 2.46. The Kier molecular flexibility index (Phi) is 3.85. The summed E-state index contributed by atoms with van der Waals surface area (Å²) in [7, 11) is 0. The van der Waals surface area contributed by atoms with E-state index in [1.54, 1.807) is 24.3 Å². The number of aromatic nitrogens is 2. The number of amides is 2. The monoisotopic (exact) mass is 332 g/mol. The van der Waals surface area contributed by atoms with Crippen molar-refractivity contribution in [2.45, 2.75) is 18.9 Å². The molecule has 6 heteroatoms. The lowest BCUT2D eigenvalue weighted by molar-refractivity contribution is 0.0950. The molecule has 0 spiro atoms. The minimum absolute atomic E-state index is 0.0826. The van der Waals surface area contributed by atoms with Gasteiger partial charge in [0.05, 0.1) is 17.2 Å². The Labute approximate surface area is 144 Å². The van der Waals surface area contributed by atoms with E-state index in [4.69, 9.17) is 0 Å². The van der Waals surface area contributed by atoms with Crippen molar-refractivity contribution in [3.05, 3.63) is 66.0 Å². The lowest BCUT2D eigenvalue weighted by Crippen LogP contribution is -2.25. The Morgan fingerprint density at radius 2 is 1.64 bits per heavy atom. The first-order valence-corrected chi connectivity index (χ1v) is 8.13. The van der Waals surface area contributed by atoms with Gasteiger partial charge in [-0.25, -0.2) is 4.98 Å². The molecular formula is C19H16N4O2. The van der Waals surface area contributed by atoms with Gasteiger partial charge in [0.25, 0.3) is 11.8 Å². The molecule has 4 rings (SSSR count). The molecule has 0 atom stereocenters. The van der Waals surface area contributed by atoms with Crippen LogP contribution in [0, 0.1) is 0 Å². The number of nitrogens with one attached hydrogen (secondary N) is 2. The Hall–Kier alpha value is -3.28. The Bertz CT molecular complexity index is 949. The third-order valence-electron chi connectivity index (χ3n) is 4.00. The van der Waals surface area contributed by atoms with E-state index in [0.717, 1.165) is 18.4 Å². The first kappa shape index (κ1) is 15.3. The number of carbonyl (C=O) groups is 2. The van der Waals surface area contributed by atoms with Crippen LogP contribution in [0.5, 0.6) is 0 Å². The van der Waals surface area contributed by atoms with Crippen LogP contribution in [0.15, 0.2) is 54.7 Å². The number of nitrogens with zero attached hydrogens (tertiary/aromatic N) is 2. The second kappa shape index (κ2) is 6.32. The summed E-state index contributed by atoms with van der Waals surface area (Å²) in [6.07, 6.45) is 3.55. The molecule has 1 fully saturated rings. The van der Waals surface area contributed by atoms with Crippen LogP contribution in [0.25, 0.3) is 11.0 Å². The van der Waals surface area contributed by atoms with Crippen LogP contribution in [0.4, 0.5) is 5.69 Å². The van der Waals surface area contributed by atoms with E-state index in [-0.39, 0.29) is 17.5 Å². The average molecular weight is 332 g/mol. The van der Waals surface area contributed by atoms with Gasteiger partial charge in [0, 0.05) is 17.3 Å². The van der Waals surface area contributed by atoms with Gasteiger partial charge < -0.3 is 10.6 Å². The summed E-state index contributed by atoms with van der Waals surface area (Å²) in [5, 5.41) is 5.70. The maximum absolute atomic E-state index is 12.3. The van der Waals surface area contributed by atoms with Gasteiger partial charge in [-0.3, -0.25) is 14.6 Å². The van der Waals surface area contributed by atoms with Crippen molar-refractivity contribution >= 4 is 28.5 Å². The Balaban J connectivity index is 1.46. The van der Waals surface area contributed by atoms with Crippen LogP contribution in [-0.4, -0.2) is 27.8 Å². The standard InChI is InChI=1S/C19H16N4O2/c24-18(21-14-9-10-14)12-5-7-13(8-6-12)22-19(25)17-11-20-15-3-1-2-4-16(15)23-17/h1-8,11,14H,9-10H2,(H,21,24)(H,22,25). The first-order chi connectivity index (χ1) is 12.2. The van der Waals surface area contributed by atoms with Crippen molar-refractivity contribution in [1.29, 1.82) is 0 Å². The van der Waals surface area contributed by atoms with Crippen LogP contribution >= 0.6 is 0 Å². The van der Waals surface area contributed by atoms with E-state index in [1.807, 2.05) is 24.3 Å². The molecule has 2 aromatic carbocycles. The molecule has 0 bridgehead atoms. The quantitative estimate of drug-likeness (QED) is 0.769. The number of hydrogen-bond acceptors (Lipinski definition) is 4. The van der Waals surface area contributed by atoms with Crippen molar-refractivity contribution in [1.82, 2.24) is 15.3 Å². The van der Waals surface area contributed by atoms with E-state index >= 15 is 0 Å². The number of benzene rings is 2. The third kappa shape index (κ3) is 3.47. The minimum atomic E-state index is -0.339. The van der Waals surface area contributed by atoms with Gasteiger partial charge in [-0.2, -0.15) is 0 Å². The summed E-state index contributed by atoms with van der Waals surface area (Å²) in [6.45, 7) is 0. The number of hydrogen-bond donors (Lipinski definition) is 2. The van der Waals surface area contributed by atoms with E-state index in [9.17, 15) is 9.59 Å². The fourth-order valence-electron chi connectivity index (χ4n) is 2.46. The molecule has 0 saturated heterocycles. The minimum Gasteiger partial charge on any atom is -0.349 e. The van der Waals surface area contributed by atoms with Crippen molar-refractivity contribution in [2.75, 3.05) is 5.32 Å². The predicted molar refractivity (Wildman–Crippen MR) is 94.4 cm³/mol. The highest BCUT2D eigenvalue weighted by atomic mass is 16.2. The molecule has 6 nitrogen and oxygen atoms in total. The van der Waals surface area contributed by atoms with Gasteiger partial charge in [-0.15, -0.1) is 0 Å². The van der Waals surface area contributed by atoms with Crippen molar-refractivity contribution in [3.63, 3.8) is 0 Å². The summed E-state index contributed by atoms with van der Waals surface area (Å²) in [6, 6.07) is 14.5. The number of anilines is 1. The van der Waals surface area contributed by atoms with E-state index in [2.05, 4.69) is 20.6 Å². The molecule has 124 valence electrons. The zero-order chi connectivity index (χ0) is 17.2. The van der Waals surface area contributed by atoms with E-state index < -0.39 is 0 Å². The smallest absolute Gasteiger partial charge is 0.275 e. The largest absolute Gasteiger partial charge is 0.349 e. The first-order valence-electron chi connectivity index (χ1n) is 8.13. The zero-order valence-corrected chi connectivity index (χ0v) is 13.4. The Morgan fingerprint density at radius 1 is 0.920 bits per heavy atom. The molecule has 3 aromatic rings. The van der Waals surface area contributed by atoms with Crippen molar-refractivity contribution in [3.8, 4) is 0 Å². The third-order valence-corrected chi connectivity index (χ3v) is 4.00. The van der Waals surface area contributed by atoms with Gasteiger partial charge in [0.1, 0.15) is 5.69 Å². The maximum Gasteiger partial charge on any atom is 0.275 e. The molecule has 0 aliphatic heterocycles. The highest BCUT2D eigenvalue weighted by molar-refractivity contribution is 6.04. The van der Waals surface area contributed by atoms with Crippen LogP contribution < -0.4 is 10.6 Å². The zero-order valence-electron chi connectivity index (χ0n) is 13.4. The lowest BCUT2D eigenvalue weighted by Gasteiger charge is -2.07. The summed E-state index contributed by atoms with van der Waals surface area (Å²) in [5.41, 5.74) is 2.83. The van der Waals surface area contributed by atoms with Gasteiger partial charge >= 0.3 is 0 Å². The molecule has 0 radical (unpaired) electrons. The summed E-state index contributed by atoms with van der Waals surface area (Å²) in [5.74, 6) is -0.422. The SMILES string of the molecule is O=C(NC1CC1)c1ccc(NC(=O)c2cnc3ccccc3n2)cc1. The topological polar surface area (TPSA) is 84.0 Å². The van der Waals surface area contributed by atoms with Crippen molar-refractivity contribution < 1.29 is 9.59 Å². The fraction of sp³-hybridized carbons (Fsp3) is 0.158. The molecule has 1 aromatic heterocycles. The van der Waals surface area contributed by atoms with Gasteiger partial charge in [-0.05, 0) is 49.2 Å². The molecule has 1 aliphatic rings. The number of rotatable bonds is 4. The number of para-hydroxylation sites is 2. The second-order valence-corrected chi connectivity index (χ2v) is 6.02. The molecule has 1 saturated carbocycles. The summed E-state index contributed by atoms with van der Waals surface area (Å²) < 4.78 is 0. The maximum atomic E-state index is 12.3. The summed E-state index contributed by atoms with van der Waals surface area (Å²) >= 11 is 0. The van der Waals surface area contributed by atoms with Crippen LogP contribution in [0.1, 0.15) is 33.7 Å². The van der Waals surface area contributed by atoms with Gasteiger partial charge in [0.15, 0.2) is 0 Å². The molecule has 2 N–H and O–H groups in total. The van der Waals surface area contributed by atoms with Gasteiger partial charge in [-0.1, -0.05) is 12.1 Å². The highest BCUT2D eigenvalue weighted by Crippen LogP contribution is 2.20. The molecule has 2 amide bonds. The lowest BCUT2D eigenvalue weighted by atomic mass is 10.2. The molecule has 1 aliphatic carbocycles. The molecular weight excluding hydrogens is 316 g/mol.